The maximum absolute atomic E-state index is 13.6. The van der Waals surface area contributed by atoms with Gasteiger partial charge in [0.2, 0.25) is 5.91 Å². The van der Waals surface area contributed by atoms with E-state index in [1.54, 1.807) is 33.9 Å². The molecule has 1 aromatic heterocycles. The van der Waals surface area contributed by atoms with E-state index in [1.165, 1.54) is 0 Å². The molecule has 31 heavy (non-hydrogen) atoms. The quantitative estimate of drug-likeness (QED) is 0.438. The minimum atomic E-state index is -0.704. The Balaban J connectivity index is 1.46. The Morgan fingerprint density at radius 2 is 1.68 bits per heavy atom. The molecule has 158 valence electrons. The fourth-order valence-electron chi connectivity index (χ4n) is 4.34. The largest absolute Gasteiger partial charge is 0.451 e. The van der Waals surface area contributed by atoms with Crippen LogP contribution in [0.2, 0.25) is 0 Å². The molecule has 1 amide bonds. The van der Waals surface area contributed by atoms with Crippen molar-refractivity contribution in [1.82, 2.24) is 19.9 Å². The van der Waals surface area contributed by atoms with E-state index in [1.807, 2.05) is 67.6 Å². The monoisotopic (exact) mass is 434 g/mol. The zero-order valence-electron chi connectivity index (χ0n) is 17.0. The van der Waals surface area contributed by atoms with Crippen molar-refractivity contribution in [1.29, 1.82) is 0 Å². The standard InChI is InChI=1S/C23H22N4O3S/c1-23(15-26-24-12-13-25-26)21(27-18(28)14-19(27)31-23)22(29)30-20(16-8-4-2-5-9-16)17-10-6-3-7-11-17/h2-13,19-21H,14-15H2,1H3. The van der Waals surface area contributed by atoms with Gasteiger partial charge in [0.1, 0.15) is 6.04 Å². The molecule has 3 heterocycles. The number of carbonyl (C=O) groups excluding carboxylic acids is 2. The third-order valence-electron chi connectivity index (χ3n) is 5.79. The first-order chi connectivity index (χ1) is 15.0. The number of carbonyl (C=O) groups is 2. The van der Waals surface area contributed by atoms with Crippen molar-refractivity contribution in [2.45, 2.75) is 42.2 Å². The van der Waals surface area contributed by atoms with E-state index in [4.69, 9.17) is 4.74 Å². The topological polar surface area (TPSA) is 77.3 Å². The first kappa shape index (κ1) is 19.8. The Hall–Kier alpha value is -3.13. The first-order valence-electron chi connectivity index (χ1n) is 10.2. The van der Waals surface area contributed by atoms with Gasteiger partial charge >= 0.3 is 5.97 Å². The number of benzene rings is 2. The summed E-state index contributed by atoms with van der Waals surface area (Å²) < 4.78 is 5.53. The summed E-state index contributed by atoms with van der Waals surface area (Å²) in [6, 6.07) is 18.6. The van der Waals surface area contributed by atoms with Gasteiger partial charge < -0.3 is 9.64 Å². The molecule has 0 bridgehead atoms. The minimum absolute atomic E-state index is 0.0162. The van der Waals surface area contributed by atoms with E-state index < -0.39 is 22.9 Å². The fraction of sp³-hybridized carbons (Fsp3) is 0.304. The normalized spacial score (nSPS) is 24.7. The molecule has 0 N–H and O–H groups in total. The van der Waals surface area contributed by atoms with Gasteiger partial charge in [-0.2, -0.15) is 15.0 Å². The summed E-state index contributed by atoms with van der Waals surface area (Å²) >= 11 is 1.62. The van der Waals surface area contributed by atoms with Crippen LogP contribution in [0, 0.1) is 0 Å². The van der Waals surface area contributed by atoms with Crippen LogP contribution in [0.1, 0.15) is 30.6 Å². The molecule has 0 saturated carbocycles. The van der Waals surface area contributed by atoms with Gasteiger partial charge in [-0.25, -0.2) is 4.79 Å². The molecule has 0 radical (unpaired) electrons. The van der Waals surface area contributed by atoms with Gasteiger partial charge in [-0.1, -0.05) is 60.7 Å². The summed E-state index contributed by atoms with van der Waals surface area (Å²) in [5.74, 6) is -0.428. The van der Waals surface area contributed by atoms with Crippen LogP contribution in [0.5, 0.6) is 0 Å². The SMILES string of the molecule is CC1(Cn2nccn2)SC2CC(=O)N2C1C(=O)OC(c1ccccc1)c1ccccc1. The Bertz CT molecular complexity index is 1040. The lowest BCUT2D eigenvalue weighted by molar-refractivity contribution is -0.164. The number of amides is 1. The molecular formula is C23H22N4O3S. The lowest BCUT2D eigenvalue weighted by Crippen LogP contribution is -2.58. The molecule has 8 heteroatoms. The lowest BCUT2D eigenvalue weighted by atomic mass is 9.95. The highest BCUT2D eigenvalue weighted by Gasteiger charge is 2.61. The molecule has 7 nitrogen and oxygen atoms in total. The number of hydrogen-bond donors (Lipinski definition) is 0. The Morgan fingerprint density at radius 3 is 2.23 bits per heavy atom. The third kappa shape index (κ3) is 3.61. The van der Waals surface area contributed by atoms with Crippen LogP contribution in [-0.4, -0.2) is 47.9 Å². The number of thioether (sulfide) groups is 1. The zero-order chi connectivity index (χ0) is 21.4. The highest BCUT2D eigenvalue weighted by molar-refractivity contribution is 8.01. The van der Waals surface area contributed by atoms with Crippen molar-refractivity contribution in [3.8, 4) is 0 Å². The zero-order valence-corrected chi connectivity index (χ0v) is 17.8. The lowest BCUT2D eigenvalue weighted by Gasteiger charge is -2.38. The summed E-state index contributed by atoms with van der Waals surface area (Å²) in [6.07, 6.45) is 3.11. The highest BCUT2D eigenvalue weighted by Crippen LogP contribution is 2.52. The van der Waals surface area contributed by atoms with Crippen molar-refractivity contribution < 1.29 is 14.3 Å². The van der Waals surface area contributed by atoms with E-state index in [-0.39, 0.29) is 11.3 Å². The van der Waals surface area contributed by atoms with E-state index in [0.29, 0.717) is 13.0 Å². The van der Waals surface area contributed by atoms with Crippen LogP contribution in [0.3, 0.4) is 0 Å². The molecule has 2 aliphatic rings. The van der Waals surface area contributed by atoms with Crippen LogP contribution in [0.25, 0.3) is 0 Å². The van der Waals surface area contributed by atoms with Gasteiger partial charge in [0, 0.05) is 0 Å². The Kier molecular flexibility index (Phi) is 5.02. The fourth-order valence-corrected chi connectivity index (χ4v) is 6.07. The highest BCUT2D eigenvalue weighted by atomic mass is 32.2. The second-order valence-electron chi connectivity index (χ2n) is 7.99. The molecular weight excluding hydrogens is 412 g/mol. The Morgan fingerprint density at radius 1 is 1.10 bits per heavy atom. The Labute approximate surface area is 184 Å². The van der Waals surface area contributed by atoms with Gasteiger partial charge in [0.05, 0.1) is 35.5 Å². The van der Waals surface area contributed by atoms with Crippen molar-refractivity contribution in [3.63, 3.8) is 0 Å². The maximum atomic E-state index is 13.6. The van der Waals surface area contributed by atoms with Gasteiger partial charge in [0.15, 0.2) is 6.10 Å². The number of β-lactam (4-membered cyclic amide) rings is 1. The molecule has 2 fully saturated rings. The van der Waals surface area contributed by atoms with Crippen LogP contribution in [0.15, 0.2) is 73.1 Å². The van der Waals surface area contributed by atoms with Gasteiger partial charge in [-0.15, -0.1) is 11.8 Å². The van der Waals surface area contributed by atoms with E-state index >= 15 is 0 Å². The first-order valence-corrected chi connectivity index (χ1v) is 11.1. The predicted octanol–water partition coefficient (Wildman–Crippen LogP) is 3.04. The summed E-state index contributed by atoms with van der Waals surface area (Å²) in [4.78, 5) is 29.2. The third-order valence-corrected chi connectivity index (χ3v) is 7.35. The number of nitrogens with zero attached hydrogens (tertiary/aromatic N) is 4. The predicted molar refractivity (Wildman–Crippen MR) is 116 cm³/mol. The van der Waals surface area contributed by atoms with Crippen LogP contribution < -0.4 is 0 Å². The van der Waals surface area contributed by atoms with Crippen LogP contribution in [-0.2, 0) is 20.9 Å². The molecule has 0 spiro atoms. The van der Waals surface area contributed by atoms with Crippen LogP contribution in [0.4, 0.5) is 0 Å². The number of esters is 1. The van der Waals surface area contributed by atoms with Gasteiger partial charge in [-0.05, 0) is 18.1 Å². The van der Waals surface area contributed by atoms with Crippen molar-refractivity contribution in [2.24, 2.45) is 0 Å². The van der Waals surface area contributed by atoms with Gasteiger partial charge in [0.25, 0.3) is 0 Å². The molecule has 3 atom stereocenters. The summed E-state index contributed by atoms with van der Waals surface area (Å²) in [5, 5.41) is 8.39. The molecule has 2 aromatic carbocycles. The molecule has 5 rings (SSSR count). The van der Waals surface area contributed by atoms with Crippen LogP contribution >= 0.6 is 11.8 Å². The minimum Gasteiger partial charge on any atom is -0.451 e. The number of hydrogen-bond acceptors (Lipinski definition) is 6. The molecule has 3 aromatic rings. The summed E-state index contributed by atoms with van der Waals surface area (Å²) in [6.45, 7) is 2.39. The number of rotatable bonds is 6. The van der Waals surface area contributed by atoms with Crippen molar-refractivity contribution >= 4 is 23.6 Å². The average Bonchev–Trinajstić information content (AvgIpc) is 3.36. The maximum Gasteiger partial charge on any atom is 0.331 e. The second-order valence-corrected chi connectivity index (χ2v) is 9.70. The van der Waals surface area contributed by atoms with Gasteiger partial charge in [-0.3, -0.25) is 4.79 Å². The second kappa shape index (κ2) is 7.85. The molecule has 3 unspecified atom stereocenters. The number of ether oxygens (including phenoxy) is 1. The summed E-state index contributed by atoms with van der Waals surface area (Å²) in [5.41, 5.74) is 1.77. The number of fused-ring (bicyclic) bond motifs is 1. The molecule has 2 aliphatic heterocycles. The average molecular weight is 435 g/mol. The smallest absolute Gasteiger partial charge is 0.331 e. The van der Waals surface area contributed by atoms with E-state index in [9.17, 15) is 9.59 Å². The van der Waals surface area contributed by atoms with Crippen molar-refractivity contribution in [3.05, 3.63) is 84.2 Å². The molecule has 0 aliphatic carbocycles. The number of aromatic nitrogens is 3. The summed E-state index contributed by atoms with van der Waals surface area (Å²) in [7, 11) is 0. The van der Waals surface area contributed by atoms with E-state index in [0.717, 1.165) is 11.1 Å². The molecule has 2 saturated heterocycles. The van der Waals surface area contributed by atoms with Crippen molar-refractivity contribution in [2.75, 3.05) is 0 Å². The van der Waals surface area contributed by atoms with E-state index in [2.05, 4.69) is 10.2 Å².